The van der Waals surface area contributed by atoms with Gasteiger partial charge in [0.1, 0.15) is 0 Å². The highest BCUT2D eigenvalue weighted by molar-refractivity contribution is 8.14. The van der Waals surface area contributed by atoms with Gasteiger partial charge in [0.05, 0.1) is 0 Å². The summed E-state index contributed by atoms with van der Waals surface area (Å²) in [6.45, 7) is 0. The Labute approximate surface area is 50.9 Å². The van der Waals surface area contributed by atoms with E-state index in [1.54, 1.807) is 0 Å². The van der Waals surface area contributed by atoms with Gasteiger partial charge in [-0.2, -0.15) is 5.43 Å². The number of carbonyl (C=O) groups is 1. The summed E-state index contributed by atoms with van der Waals surface area (Å²) in [6.07, 6.45) is 0. The first-order chi connectivity index (χ1) is 3.83. The van der Waals surface area contributed by atoms with Crippen LogP contribution in [-0.4, -0.2) is 17.9 Å². The van der Waals surface area contributed by atoms with Crippen LogP contribution in [0.4, 0.5) is 4.79 Å². The molecule has 1 amide bonds. The second kappa shape index (κ2) is 2.34. The first-order valence-corrected chi connectivity index (χ1v) is 2.96. The smallest absolute Gasteiger partial charge is 0.297 e. The number of hydrogen-bond donors (Lipinski definition) is 2. The van der Waals surface area contributed by atoms with E-state index in [9.17, 15) is 4.79 Å². The van der Waals surface area contributed by atoms with Crippen molar-refractivity contribution < 1.29 is 9.53 Å². The van der Waals surface area contributed by atoms with E-state index in [1.165, 1.54) is 7.11 Å². The molecule has 4 nitrogen and oxygen atoms in total. The van der Waals surface area contributed by atoms with Gasteiger partial charge in [-0.15, -0.1) is 0 Å². The molecule has 1 aliphatic heterocycles. The highest BCUT2D eigenvalue weighted by Crippen LogP contribution is 2.12. The molecule has 1 aliphatic rings. The molecular formula is C3H6N2O2S. The minimum absolute atomic E-state index is 0.100. The van der Waals surface area contributed by atoms with Crippen molar-refractivity contribution in [3.63, 3.8) is 0 Å². The van der Waals surface area contributed by atoms with Crippen LogP contribution in [0, 0.1) is 0 Å². The molecule has 0 saturated carbocycles. The molecule has 0 aromatic rings. The number of amides is 1. The second-order valence-electron chi connectivity index (χ2n) is 1.24. The van der Waals surface area contributed by atoms with Crippen molar-refractivity contribution >= 4 is 17.0 Å². The van der Waals surface area contributed by atoms with E-state index >= 15 is 0 Å². The van der Waals surface area contributed by atoms with E-state index in [0.717, 1.165) is 11.8 Å². The van der Waals surface area contributed by atoms with Gasteiger partial charge >= 0.3 is 0 Å². The lowest BCUT2D eigenvalue weighted by atomic mass is 11.2. The molecular weight excluding hydrogens is 128 g/mol. The van der Waals surface area contributed by atoms with E-state index in [2.05, 4.69) is 10.9 Å². The van der Waals surface area contributed by atoms with Gasteiger partial charge in [-0.05, 0) is 11.8 Å². The second-order valence-corrected chi connectivity index (χ2v) is 2.28. The van der Waals surface area contributed by atoms with Crippen molar-refractivity contribution in [3.05, 3.63) is 0 Å². The van der Waals surface area contributed by atoms with E-state index in [4.69, 9.17) is 4.74 Å². The lowest BCUT2D eigenvalue weighted by molar-refractivity contribution is 0.143. The van der Waals surface area contributed by atoms with Gasteiger partial charge < -0.3 is 4.74 Å². The minimum Gasteiger partial charge on any atom is -0.355 e. The molecule has 1 unspecified atom stereocenters. The summed E-state index contributed by atoms with van der Waals surface area (Å²) in [5.41, 5.74) is 4.75. The number of ether oxygens (including phenoxy) is 1. The molecule has 8 heavy (non-hydrogen) atoms. The number of methoxy groups -OCH3 is 1. The Kier molecular flexibility index (Phi) is 1.72. The lowest BCUT2D eigenvalue weighted by Crippen LogP contribution is -2.31. The highest BCUT2D eigenvalue weighted by atomic mass is 32.2. The summed E-state index contributed by atoms with van der Waals surface area (Å²) < 4.78 is 4.75. The summed E-state index contributed by atoms with van der Waals surface area (Å²) in [5, 5.41) is -0.100. The zero-order valence-electron chi connectivity index (χ0n) is 4.30. The first kappa shape index (κ1) is 5.87. The zero-order chi connectivity index (χ0) is 5.98. The largest absolute Gasteiger partial charge is 0.355 e. The van der Waals surface area contributed by atoms with Crippen LogP contribution in [0.25, 0.3) is 0 Å². The van der Waals surface area contributed by atoms with Crippen LogP contribution in [0.3, 0.4) is 0 Å². The van der Waals surface area contributed by atoms with E-state index in [-0.39, 0.29) is 10.8 Å². The van der Waals surface area contributed by atoms with Crippen LogP contribution < -0.4 is 10.9 Å². The number of rotatable bonds is 1. The van der Waals surface area contributed by atoms with Crippen molar-refractivity contribution in [2.45, 2.75) is 5.56 Å². The average molecular weight is 134 g/mol. The number of thioether (sulfide) groups is 1. The lowest BCUT2D eigenvalue weighted by Gasteiger charge is -2.00. The van der Waals surface area contributed by atoms with Crippen molar-refractivity contribution in [1.82, 2.24) is 10.9 Å². The normalized spacial score (nSPS) is 28.1. The molecule has 5 heteroatoms. The molecule has 1 fully saturated rings. The number of nitrogens with one attached hydrogen (secondary N) is 2. The number of carbonyl (C=O) groups excluding carboxylic acids is 1. The van der Waals surface area contributed by atoms with Crippen LogP contribution in [0.5, 0.6) is 0 Å². The Morgan fingerprint density at radius 2 is 2.62 bits per heavy atom. The molecule has 0 radical (unpaired) electrons. The third-order valence-corrected chi connectivity index (χ3v) is 1.56. The van der Waals surface area contributed by atoms with Gasteiger partial charge in [-0.25, -0.2) is 0 Å². The third kappa shape index (κ3) is 1.12. The van der Waals surface area contributed by atoms with Gasteiger partial charge in [0, 0.05) is 7.11 Å². The zero-order valence-corrected chi connectivity index (χ0v) is 5.12. The first-order valence-electron chi connectivity index (χ1n) is 2.08. The predicted octanol–water partition coefficient (Wildman–Crippen LogP) is -0.123. The average Bonchev–Trinajstić information content (AvgIpc) is 2.14. The Balaban J connectivity index is 2.32. The van der Waals surface area contributed by atoms with Crippen LogP contribution >= 0.6 is 11.8 Å². The van der Waals surface area contributed by atoms with Gasteiger partial charge in [-0.3, -0.25) is 10.2 Å². The van der Waals surface area contributed by atoms with Gasteiger partial charge in [0.25, 0.3) is 5.24 Å². The third-order valence-electron chi connectivity index (χ3n) is 0.720. The quantitative estimate of drug-likeness (QED) is 0.525. The molecule has 1 saturated heterocycles. The Bertz CT molecular complexity index is 107. The predicted molar refractivity (Wildman–Crippen MR) is 30.1 cm³/mol. The van der Waals surface area contributed by atoms with Gasteiger partial charge in [-0.1, -0.05) is 0 Å². The van der Waals surface area contributed by atoms with Crippen molar-refractivity contribution in [1.29, 1.82) is 0 Å². The molecule has 46 valence electrons. The number of hydrogen-bond acceptors (Lipinski definition) is 4. The van der Waals surface area contributed by atoms with Crippen molar-refractivity contribution in [2.75, 3.05) is 7.11 Å². The fraction of sp³-hybridized carbons (Fsp3) is 0.667. The standard InChI is InChI=1S/C3H6N2O2S/c1-7-3-5-4-2(6)8-3/h3,5H,1H3,(H,4,6). The van der Waals surface area contributed by atoms with Crippen molar-refractivity contribution in [2.24, 2.45) is 0 Å². The Morgan fingerprint density at radius 1 is 1.88 bits per heavy atom. The molecule has 1 rings (SSSR count). The molecule has 0 spiro atoms. The summed E-state index contributed by atoms with van der Waals surface area (Å²) in [7, 11) is 1.53. The van der Waals surface area contributed by atoms with Gasteiger partial charge in [0.15, 0.2) is 5.56 Å². The monoisotopic (exact) mass is 134 g/mol. The molecule has 0 aliphatic carbocycles. The molecule has 1 atom stereocenters. The number of hydrazine groups is 1. The fourth-order valence-corrected chi connectivity index (χ4v) is 0.907. The van der Waals surface area contributed by atoms with E-state index < -0.39 is 0 Å². The Hall–Kier alpha value is -0.260. The van der Waals surface area contributed by atoms with E-state index in [1.807, 2.05) is 0 Å². The topological polar surface area (TPSA) is 50.4 Å². The van der Waals surface area contributed by atoms with Crippen LogP contribution in [0.15, 0.2) is 0 Å². The SMILES string of the molecule is COC1NNC(=O)S1. The maximum absolute atomic E-state index is 10.3. The minimum atomic E-state index is -0.220. The summed E-state index contributed by atoms with van der Waals surface area (Å²) >= 11 is 1.08. The Morgan fingerprint density at radius 3 is 2.88 bits per heavy atom. The molecule has 0 aromatic carbocycles. The summed E-state index contributed by atoms with van der Waals surface area (Å²) in [5.74, 6) is 0. The maximum atomic E-state index is 10.3. The fourth-order valence-electron chi connectivity index (χ4n) is 0.381. The van der Waals surface area contributed by atoms with Crippen LogP contribution in [-0.2, 0) is 4.74 Å². The van der Waals surface area contributed by atoms with Gasteiger partial charge in [0.2, 0.25) is 0 Å². The van der Waals surface area contributed by atoms with Crippen LogP contribution in [0.1, 0.15) is 0 Å². The summed E-state index contributed by atoms with van der Waals surface area (Å²) in [4.78, 5) is 10.3. The van der Waals surface area contributed by atoms with E-state index in [0.29, 0.717) is 0 Å². The molecule has 2 N–H and O–H groups in total. The molecule has 0 bridgehead atoms. The highest BCUT2D eigenvalue weighted by Gasteiger charge is 2.20. The van der Waals surface area contributed by atoms with Crippen molar-refractivity contribution in [3.8, 4) is 0 Å². The maximum Gasteiger partial charge on any atom is 0.297 e. The summed E-state index contributed by atoms with van der Waals surface area (Å²) in [6, 6.07) is 0. The molecule has 0 aromatic heterocycles. The van der Waals surface area contributed by atoms with Crippen LogP contribution in [0.2, 0.25) is 0 Å². The molecule has 1 heterocycles.